The maximum Gasteiger partial charge on any atom is 0.336 e. The van der Waals surface area contributed by atoms with Crippen molar-refractivity contribution < 1.29 is 19.9 Å². The van der Waals surface area contributed by atoms with Gasteiger partial charge in [-0.1, -0.05) is 24.3 Å². The first-order valence-electron chi connectivity index (χ1n) is 5.97. The molecule has 2 aromatic carbocycles. The van der Waals surface area contributed by atoms with Gasteiger partial charge in [-0.15, -0.1) is 0 Å². The predicted molar refractivity (Wildman–Crippen MR) is 76.7 cm³/mol. The van der Waals surface area contributed by atoms with Crippen LogP contribution in [0.4, 0.5) is 5.69 Å². The summed E-state index contributed by atoms with van der Waals surface area (Å²) in [5, 5.41) is 29.7. The van der Waals surface area contributed by atoms with Crippen molar-refractivity contribution in [3.05, 3.63) is 69.8 Å². The van der Waals surface area contributed by atoms with Crippen LogP contribution in [0.1, 0.15) is 11.1 Å². The highest BCUT2D eigenvalue weighted by Crippen LogP contribution is 2.26. The number of para-hydroxylation sites is 1. The van der Waals surface area contributed by atoms with Gasteiger partial charge in [-0.3, -0.25) is 10.1 Å². The molecule has 0 heterocycles. The number of hydrogen-bond acceptors (Lipinski definition) is 4. The van der Waals surface area contributed by atoms with Gasteiger partial charge in [-0.25, -0.2) is 4.79 Å². The highest BCUT2D eigenvalue weighted by Gasteiger charge is 2.16. The van der Waals surface area contributed by atoms with Gasteiger partial charge in [0.15, 0.2) is 0 Å². The van der Waals surface area contributed by atoms with E-state index in [0.717, 1.165) is 0 Å². The van der Waals surface area contributed by atoms with Gasteiger partial charge in [0.25, 0.3) is 5.69 Å². The monoisotopic (exact) mass is 285 g/mol. The van der Waals surface area contributed by atoms with Crippen LogP contribution < -0.4 is 0 Å². The van der Waals surface area contributed by atoms with E-state index in [4.69, 9.17) is 0 Å². The number of rotatable bonds is 4. The van der Waals surface area contributed by atoms with E-state index in [1.54, 1.807) is 6.07 Å². The van der Waals surface area contributed by atoms with E-state index in [2.05, 4.69) is 0 Å². The smallest absolute Gasteiger partial charge is 0.336 e. The van der Waals surface area contributed by atoms with Crippen LogP contribution >= 0.6 is 0 Å². The molecule has 0 saturated heterocycles. The summed E-state index contributed by atoms with van der Waals surface area (Å²) in [6, 6.07) is 11.6. The number of nitro benzene ring substituents is 1. The first-order valence-corrected chi connectivity index (χ1v) is 5.97. The van der Waals surface area contributed by atoms with Crippen molar-refractivity contribution in [1.82, 2.24) is 0 Å². The van der Waals surface area contributed by atoms with Crippen molar-refractivity contribution in [2.75, 3.05) is 0 Å². The summed E-state index contributed by atoms with van der Waals surface area (Å²) >= 11 is 0. The predicted octanol–water partition coefficient (Wildman–Crippen LogP) is 2.93. The Balaban J connectivity index is 2.59. The summed E-state index contributed by atoms with van der Waals surface area (Å²) in [7, 11) is 0. The number of hydrogen-bond donors (Lipinski definition) is 2. The van der Waals surface area contributed by atoms with Gasteiger partial charge >= 0.3 is 5.97 Å². The molecule has 2 rings (SSSR count). The van der Waals surface area contributed by atoms with Crippen LogP contribution in [0.2, 0.25) is 0 Å². The summed E-state index contributed by atoms with van der Waals surface area (Å²) < 4.78 is 0. The van der Waals surface area contributed by atoms with E-state index in [-0.39, 0.29) is 28.1 Å². The molecule has 0 fully saturated rings. The van der Waals surface area contributed by atoms with E-state index < -0.39 is 10.9 Å². The van der Waals surface area contributed by atoms with Gasteiger partial charge in [-0.05, 0) is 29.8 Å². The number of benzene rings is 2. The summed E-state index contributed by atoms with van der Waals surface area (Å²) in [4.78, 5) is 21.8. The number of phenols is 1. The number of carboxylic acids is 1. The topological polar surface area (TPSA) is 101 Å². The zero-order valence-corrected chi connectivity index (χ0v) is 10.8. The van der Waals surface area contributed by atoms with Gasteiger partial charge in [0.2, 0.25) is 0 Å². The number of carboxylic acid groups (broad SMARTS) is 1. The normalized spacial score (nSPS) is 11.1. The lowest BCUT2D eigenvalue weighted by atomic mass is 10.0. The van der Waals surface area contributed by atoms with E-state index in [1.165, 1.54) is 48.5 Å². The number of carbonyl (C=O) groups is 1. The fourth-order valence-electron chi connectivity index (χ4n) is 1.87. The van der Waals surface area contributed by atoms with Crippen LogP contribution in [-0.2, 0) is 4.79 Å². The lowest BCUT2D eigenvalue weighted by Crippen LogP contribution is -2.00. The molecule has 0 bridgehead atoms. The van der Waals surface area contributed by atoms with Crippen LogP contribution in [0.25, 0.3) is 11.6 Å². The molecule has 2 N–H and O–H groups in total. The zero-order chi connectivity index (χ0) is 15.4. The molecular formula is C15H11NO5. The Morgan fingerprint density at radius 1 is 1.14 bits per heavy atom. The van der Waals surface area contributed by atoms with Crippen LogP contribution in [0.3, 0.4) is 0 Å². The molecular weight excluding hydrogens is 274 g/mol. The van der Waals surface area contributed by atoms with E-state index >= 15 is 0 Å². The van der Waals surface area contributed by atoms with Gasteiger partial charge in [0.05, 0.1) is 16.1 Å². The average Bonchev–Trinajstić information content (AvgIpc) is 2.44. The highest BCUT2D eigenvalue weighted by molar-refractivity contribution is 6.21. The van der Waals surface area contributed by atoms with Crippen LogP contribution in [0, 0.1) is 10.1 Å². The largest absolute Gasteiger partial charge is 0.508 e. The average molecular weight is 285 g/mol. The van der Waals surface area contributed by atoms with E-state index in [9.17, 15) is 25.1 Å². The second-order valence-corrected chi connectivity index (χ2v) is 4.23. The van der Waals surface area contributed by atoms with Crippen LogP contribution in [-0.4, -0.2) is 21.1 Å². The summed E-state index contributed by atoms with van der Waals surface area (Å²) in [6.07, 6.45) is 1.22. The molecule has 0 aromatic heterocycles. The number of nitrogens with zero attached hydrogens (tertiary/aromatic N) is 1. The third kappa shape index (κ3) is 3.24. The minimum atomic E-state index is -1.24. The first kappa shape index (κ1) is 14.3. The Hall–Kier alpha value is -3.15. The third-order valence-corrected chi connectivity index (χ3v) is 2.82. The SMILES string of the molecule is O=C(O)/C(=C/c1ccccc1[N+](=O)[O-])c1cccc(O)c1. The molecule has 0 spiro atoms. The van der Waals surface area contributed by atoms with Gasteiger partial charge in [-0.2, -0.15) is 0 Å². The van der Waals surface area contributed by atoms with Crippen molar-refractivity contribution in [1.29, 1.82) is 0 Å². The lowest BCUT2D eigenvalue weighted by molar-refractivity contribution is -0.385. The Bertz CT molecular complexity index is 736. The Kier molecular flexibility index (Phi) is 3.99. The second-order valence-electron chi connectivity index (χ2n) is 4.23. The Morgan fingerprint density at radius 2 is 1.86 bits per heavy atom. The van der Waals surface area contributed by atoms with Crippen molar-refractivity contribution in [2.24, 2.45) is 0 Å². The third-order valence-electron chi connectivity index (χ3n) is 2.82. The number of phenolic OH excluding ortho intramolecular Hbond substituents is 1. The zero-order valence-electron chi connectivity index (χ0n) is 10.8. The quantitative estimate of drug-likeness (QED) is 0.389. The molecule has 6 heteroatoms. The molecule has 0 amide bonds. The lowest BCUT2D eigenvalue weighted by Gasteiger charge is -2.04. The molecule has 21 heavy (non-hydrogen) atoms. The van der Waals surface area contributed by atoms with Crippen molar-refractivity contribution in [3.8, 4) is 5.75 Å². The fraction of sp³-hybridized carbons (Fsp3) is 0. The molecule has 0 aliphatic heterocycles. The molecule has 0 aliphatic rings. The highest BCUT2D eigenvalue weighted by atomic mass is 16.6. The maximum atomic E-state index is 11.4. The Morgan fingerprint density at radius 3 is 2.48 bits per heavy atom. The van der Waals surface area contributed by atoms with E-state index in [0.29, 0.717) is 0 Å². The molecule has 0 atom stereocenters. The Labute approximate surface area is 119 Å². The first-order chi connectivity index (χ1) is 9.99. The standard InChI is InChI=1S/C15H11NO5/c17-12-6-3-5-10(8-12)13(15(18)19)9-11-4-1-2-7-14(11)16(20)21/h1-9,17H,(H,18,19)/b13-9+. The molecule has 0 unspecified atom stereocenters. The van der Waals surface area contributed by atoms with Crippen LogP contribution in [0.5, 0.6) is 5.75 Å². The molecule has 0 aliphatic carbocycles. The van der Waals surface area contributed by atoms with Crippen molar-refractivity contribution in [3.63, 3.8) is 0 Å². The maximum absolute atomic E-state index is 11.4. The second kappa shape index (κ2) is 5.87. The van der Waals surface area contributed by atoms with Gasteiger partial charge in [0, 0.05) is 6.07 Å². The minimum absolute atomic E-state index is 0.0813. The molecule has 6 nitrogen and oxygen atoms in total. The molecule has 106 valence electrons. The number of aliphatic carboxylic acids is 1. The molecule has 2 aromatic rings. The van der Waals surface area contributed by atoms with E-state index in [1.807, 2.05) is 0 Å². The van der Waals surface area contributed by atoms with Gasteiger partial charge < -0.3 is 10.2 Å². The minimum Gasteiger partial charge on any atom is -0.508 e. The summed E-state index contributed by atoms with van der Waals surface area (Å²) in [6.45, 7) is 0. The summed E-state index contributed by atoms with van der Waals surface area (Å²) in [5.74, 6) is -1.32. The van der Waals surface area contributed by atoms with Gasteiger partial charge in [0.1, 0.15) is 5.75 Å². The molecule has 0 saturated carbocycles. The summed E-state index contributed by atoms with van der Waals surface area (Å²) in [5.41, 5.74) is 0.125. The van der Waals surface area contributed by atoms with Crippen molar-refractivity contribution >= 4 is 23.3 Å². The van der Waals surface area contributed by atoms with Crippen molar-refractivity contribution in [2.45, 2.75) is 0 Å². The number of aromatic hydroxyl groups is 1. The van der Waals surface area contributed by atoms with Crippen LogP contribution in [0.15, 0.2) is 48.5 Å². The number of nitro groups is 1. The fourth-order valence-corrected chi connectivity index (χ4v) is 1.87. The molecule has 0 radical (unpaired) electrons.